The summed E-state index contributed by atoms with van der Waals surface area (Å²) in [5.41, 5.74) is 1.97. The van der Waals surface area contributed by atoms with Gasteiger partial charge in [0.15, 0.2) is 0 Å². The lowest BCUT2D eigenvalue weighted by molar-refractivity contribution is -0.384. The molecule has 6 nitrogen and oxygen atoms in total. The number of nitrogens with zero attached hydrogens (tertiary/aromatic N) is 2. The molecule has 0 aliphatic heterocycles. The van der Waals surface area contributed by atoms with Crippen LogP contribution in [0, 0.1) is 17.0 Å². The normalized spacial score (nSPS) is 10.3. The highest BCUT2D eigenvalue weighted by molar-refractivity contribution is 5.35. The van der Waals surface area contributed by atoms with Crippen LogP contribution in [-0.2, 0) is 6.42 Å². The highest BCUT2D eigenvalue weighted by Gasteiger charge is 2.06. The van der Waals surface area contributed by atoms with Crippen molar-refractivity contribution in [3.05, 3.63) is 67.6 Å². The Hall–Kier alpha value is -2.50. The number of rotatable bonds is 3. The maximum Gasteiger partial charge on any atom is 0.269 e. The number of nitro benzene ring substituents is 1. The van der Waals surface area contributed by atoms with Crippen LogP contribution in [0.1, 0.15) is 16.8 Å². The van der Waals surface area contributed by atoms with E-state index < -0.39 is 4.92 Å². The fourth-order valence-corrected chi connectivity index (χ4v) is 1.65. The zero-order chi connectivity index (χ0) is 13.1. The molecule has 0 saturated carbocycles. The summed E-state index contributed by atoms with van der Waals surface area (Å²) in [7, 11) is 0. The number of aromatic amines is 1. The summed E-state index contributed by atoms with van der Waals surface area (Å²) < 4.78 is 0. The first kappa shape index (κ1) is 12.0. The number of aryl methyl sites for hydroxylation is 1. The smallest absolute Gasteiger partial charge is 0.268 e. The molecule has 0 amide bonds. The molecule has 0 aliphatic rings. The highest BCUT2D eigenvalue weighted by atomic mass is 16.6. The van der Waals surface area contributed by atoms with Crippen LogP contribution >= 0.6 is 0 Å². The molecule has 0 atom stereocenters. The Labute approximate surface area is 102 Å². The third-order valence-corrected chi connectivity index (χ3v) is 2.55. The van der Waals surface area contributed by atoms with E-state index in [0.717, 1.165) is 11.3 Å². The fourth-order valence-electron chi connectivity index (χ4n) is 1.65. The summed E-state index contributed by atoms with van der Waals surface area (Å²) in [6.07, 6.45) is 0.427. The number of hydrogen-bond donors (Lipinski definition) is 1. The number of nitrogens with one attached hydrogen (secondary N) is 1. The van der Waals surface area contributed by atoms with Crippen molar-refractivity contribution in [2.45, 2.75) is 13.3 Å². The maximum atomic E-state index is 11.5. The Balaban J connectivity index is 2.26. The predicted octanol–water partition coefficient (Wildman–Crippen LogP) is 1.58. The maximum absolute atomic E-state index is 11.5. The average Bonchev–Trinajstić information content (AvgIpc) is 2.34. The van der Waals surface area contributed by atoms with E-state index in [4.69, 9.17) is 0 Å². The van der Waals surface area contributed by atoms with Crippen molar-refractivity contribution < 1.29 is 4.92 Å². The van der Waals surface area contributed by atoms with Crippen molar-refractivity contribution in [3.8, 4) is 0 Å². The van der Waals surface area contributed by atoms with Crippen molar-refractivity contribution in [2.75, 3.05) is 0 Å². The molecule has 1 heterocycles. The van der Waals surface area contributed by atoms with E-state index in [0.29, 0.717) is 12.0 Å². The van der Waals surface area contributed by atoms with Gasteiger partial charge in [-0.3, -0.25) is 14.9 Å². The molecule has 2 aromatic rings. The number of nitro groups is 1. The van der Waals surface area contributed by atoms with Crippen molar-refractivity contribution >= 4 is 5.69 Å². The lowest BCUT2D eigenvalue weighted by Gasteiger charge is -2.01. The van der Waals surface area contributed by atoms with Gasteiger partial charge in [0.05, 0.1) is 10.6 Å². The van der Waals surface area contributed by atoms with Gasteiger partial charge in [-0.15, -0.1) is 0 Å². The van der Waals surface area contributed by atoms with Gasteiger partial charge in [-0.25, -0.2) is 5.10 Å². The van der Waals surface area contributed by atoms with Crippen molar-refractivity contribution in [2.24, 2.45) is 0 Å². The van der Waals surface area contributed by atoms with E-state index in [2.05, 4.69) is 10.2 Å². The van der Waals surface area contributed by atoms with E-state index >= 15 is 0 Å². The SMILES string of the molecule is Cc1cc(Cc2ccc([N+](=O)[O-])cc2)c(=O)[nH]n1. The first-order chi connectivity index (χ1) is 8.56. The molecule has 18 heavy (non-hydrogen) atoms. The molecule has 0 radical (unpaired) electrons. The Bertz CT molecular complexity index is 632. The van der Waals surface area contributed by atoms with E-state index in [-0.39, 0.29) is 11.2 Å². The first-order valence-corrected chi connectivity index (χ1v) is 5.35. The summed E-state index contributed by atoms with van der Waals surface area (Å²) in [6, 6.07) is 7.86. The van der Waals surface area contributed by atoms with Gasteiger partial charge < -0.3 is 0 Å². The Morgan fingerprint density at radius 2 is 2.00 bits per heavy atom. The van der Waals surface area contributed by atoms with Crippen LogP contribution < -0.4 is 5.56 Å². The molecule has 92 valence electrons. The molecule has 0 saturated heterocycles. The first-order valence-electron chi connectivity index (χ1n) is 5.35. The van der Waals surface area contributed by atoms with Crippen LogP contribution in [0.4, 0.5) is 5.69 Å². The average molecular weight is 245 g/mol. The number of hydrogen-bond acceptors (Lipinski definition) is 4. The van der Waals surface area contributed by atoms with E-state index in [9.17, 15) is 14.9 Å². The number of H-pyrrole nitrogens is 1. The minimum Gasteiger partial charge on any atom is -0.268 e. The van der Waals surface area contributed by atoms with Crippen LogP contribution in [0.25, 0.3) is 0 Å². The van der Waals surface area contributed by atoms with Crippen LogP contribution in [0.5, 0.6) is 0 Å². The number of non-ortho nitro benzene ring substituents is 1. The van der Waals surface area contributed by atoms with E-state index in [1.165, 1.54) is 12.1 Å². The van der Waals surface area contributed by atoms with Crippen LogP contribution in [-0.4, -0.2) is 15.1 Å². The van der Waals surface area contributed by atoms with Crippen molar-refractivity contribution in [1.29, 1.82) is 0 Å². The van der Waals surface area contributed by atoms with Gasteiger partial charge in [0.25, 0.3) is 11.2 Å². The fraction of sp³-hybridized carbons (Fsp3) is 0.167. The Morgan fingerprint density at radius 1 is 1.33 bits per heavy atom. The topological polar surface area (TPSA) is 88.9 Å². The van der Waals surface area contributed by atoms with Gasteiger partial charge in [-0.1, -0.05) is 12.1 Å². The summed E-state index contributed by atoms with van der Waals surface area (Å²) in [6.45, 7) is 1.79. The minimum absolute atomic E-state index is 0.0403. The van der Waals surface area contributed by atoms with Gasteiger partial charge in [0.2, 0.25) is 0 Å². The summed E-state index contributed by atoms with van der Waals surface area (Å²) >= 11 is 0. The molecule has 1 aromatic carbocycles. The van der Waals surface area contributed by atoms with E-state index in [1.54, 1.807) is 25.1 Å². The Morgan fingerprint density at radius 3 is 2.61 bits per heavy atom. The minimum atomic E-state index is -0.451. The van der Waals surface area contributed by atoms with Gasteiger partial charge in [0.1, 0.15) is 0 Å². The Kier molecular flexibility index (Phi) is 3.18. The van der Waals surface area contributed by atoms with Gasteiger partial charge in [-0.05, 0) is 18.6 Å². The largest absolute Gasteiger partial charge is 0.269 e. The summed E-state index contributed by atoms with van der Waals surface area (Å²) in [5.74, 6) is 0. The second-order valence-corrected chi connectivity index (χ2v) is 3.96. The number of benzene rings is 1. The molecule has 0 aliphatic carbocycles. The molecule has 0 fully saturated rings. The summed E-state index contributed by atoms with van der Waals surface area (Å²) in [5, 5.41) is 16.7. The zero-order valence-corrected chi connectivity index (χ0v) is 9.71. The molecule has 0 spiro atoms. The van der Waals surface area contributed by atoms with Crippen LogP contribution in [0.2, 0.25) is 0 Å². The lowest BCUT2D eigenvalue weighted by atomic mass is 10.1. The molecular weight excluding hydrogens is 234 g/mol. The predicted molar refractivity (Wildman–Crippen MR) is 65.5 cm³/mol. The zero-order valence-electron chi connectivity index (χ0n) is 9.71. The molecule has 1 aromatic heterocycles. The van der Waals surface area contributed by atoms with Crippen LogP contribution in [0.15, 0.2) is 35.1 Å². The summed E-state index contributed by atoms with van der Waals surface area (Å²) in [4.78, 5) is 21.6. The highest BCUT2D eigenvalue weighted by Crippen LogP contribution is 2.13. The van der Waals surface area contributed by atoms with Crippen molar-refractivity contribution in [1.82, 2.24) is 10.2 Å². The molecule has 1 N–H and O–H groups in total. The lowest BCUT2D eigenvalue weighted by Crippen LogP contribution is -2.15. The standard InChI is InChI=1S/C12H11N3O3/c1-8-6-10(12(16)14-13-8)7-9-2-4-11(5-3-9)15(17)18/h2-6H,7H2,1H3,(H,14,16). The molecule has 2 rings (SSSR count). The third kappa shape index (κ3) is 2.60. The molecule has 6 heteroatoms. The van der Waals surface area contributed by atoms with Crippen LogP contribution in [0.3, 0.4) is 0 Å². The van der Waals surface area contributed by atoms with Crippen molar-refractivity contribution in [3.63, 3.8) is 0 Å². The molecule has 0 bridgehead atoms. The third-order valence-electron chi connectivity index (χ3n) is 2.55. The van der Waals surface area contributed by atoms with E-state index in [1.807, 2.05) is 0 Å². The second-order valence-electron chi connectivity index (χ2n) is 3.96. The quantitative estimate of drug-likeness (QED) is 0.656. The number of aromatic nitrogens is 2. The van der Waals surface area contributed by atoms with Gasteiger partial charge in [0, 0.05) is 24.1 Å². The van der Waals surface area contributed by atoms with Gasteiger partial charge >= 0.3 is 0 Å². The molecule has 0 unspecified atom stereocenters. The second kappa shape index (κ2) is 4.79. The van der Waals surface area contributed by atoms with Gasteiger partial charge in [-0.2, -0.15) is 5.10 Å². The molecular formula is C12H11N3O3. The monoisotopic (exact) mass is 245 g/mol.